The molecule has 9 heteroatoms. The molecule has 0 fully saturated rings. The Balaban J connectivity index is 2.29. The molecular formula is C22H26N2O7. The molecule has 0 aromatic heterocycles. The first kappa shape index (κ1) is 23.7. The van der Waals surface area contributed by atoms with Gasteiger partial charge in [0.05, 0.1) is 25.4 Å². The van der Waals surface area contributed by atoms with Crippen molar-refractivity contribution in [1.82, 2.24) is 5.32 Å². The van der Waals surface area contributed by atoms with E-state index in [-0.39, 0.29) is 11.1 Å². The average molecular weight is 430 g/mol. The number of aryl methyl sites for hydroxylation is 1. The smallest absolute Gasteiger partial charge is 0.336 e. The molecule has 1 aliphatic heterocycles. The summed E-state index contributed by atoms with van der Waals surface area (Å²) in [6, 6.07) is 7.09. The lowest BCUT2D eigenvalue weighted by atomic mass is 9.85. The number of allylic oxidation sites excluding steroid dienone is 2. The number of ether oxygens (including phenoxy) is 3. The van der Waals surface area contributed by atoms with E-state index in [1.54, 1.807) is 26.0 Å². The Morgan fingerprint density at radius 3 is 1.84 bits per heavy atom. The molecule has 166 valence electrons. The van der Waals surface area contributed by atoms with Crippen LogP contribution < -0.4 is 10.6 Å². The number of rotatable bonds is 6. The van der Waals surface area contributed by atoms with Crippen LogP contribution in [-0.4, -0.2) is 44.1 Å². The van der Waals surface area contributed by atoms with Crippen molar-refractivity contribution in [1.29, 1.82) is 0 Å². The average Bonchev–Trinajstić information content (AvgIpc) is 2.73. The molecule has 9 nitrogen and oxygen atoms in total. The van der Waals surface area contributed by atoms with Crippen LogP contribution in [0.4, 0.5) is 5.69 Å². The normalized spacial score (nSPS) is 15.0. The van der Waals surface area contributed by atoms with Crippen molar-refractivity contribution in [2.45, 2.75) is 33.8 Å². The van der Waals surface area contributed by atoms with Crippen LogP contribution in [-0.2, 0) is 33.4 Å². The molecule has 2 N–H and O–H groups in total. The van der Waals surface area contributed by atoms with Gasteiger partial charge in [-0.2, -0.15) is 0 Å². The first-order chi connectivity index (χ1) is 14.6. The number of dihydropyridines is 1. The van der Waals surface area contributed by atoms with Crippen LogP contribution in [0.15, 0.2) is 46.8 Å². The van der Waals surface area contributed by atoms with Crippen LogP contribution in [0, 0.1) is 12.8 Å². The lowest BCUT2D eigenvalue weighted by Gasteiger charge is -2.29. The van der Waals surface area contributed by atoms with E-state index in [1.807, 2.05) is 19.1 Å². The van der Waals surface area contributed by atoms with Crippen molar-refractivity contribution in [3.05, 3.63) is 52.4 Å². The van der Waals surface area contributed by atoms with Gasteiger partial charge in [-0.05, 0) is 39.8 Å². The molecule has 0 aliphatic carbocycles. The van der Waals surface area contributed by atoms with E-state index < -0.39 is 35.8 Å². The first-order valence-electron chi connectivity index (χ1n) is 9.53. The standard InChI is InChI=1S/C22H26N2O7/c1-11-7-9-15(10-8-11)24-19(25)14(4)31-22(28)18-16(20(26)29-5)12(2)23-13(3)17(18)21(27)30-6/h7-10,14,18,23H,1-6H3,(H,24,25). The van der Waals surface area contributed by atoms with Gasteiger partial charge >= 0.3 is 17.9 Å². The summed E-state index contributed by atoms with van der Waals surface area (Å²) in [6.07, 6.45) is -1.19. The fourth-order valence-electron chi connectivity index (χ4n) is 3.17. The van der Waals surface area contributed by atoms with Gasteiger partial charge in [0.15, 0.2) is 6.10 Å². The second-order valence-corrected chi connectivity index (χ2v) is 7.05. The summed E-state index contributed by atoms with van der Waals surface area (Å²) in [5.41, 5.74) is 2.04. The number of amides is 1. The third-order valence-electron chi connectivity index (χ3n) is 4.79. The van der Waals surface area contributed by atoms with Gasteiger partial charge in [-0.15, -0.1) is 0 Å². The Morgan fingerprint density at radius 1 is 0.903 bits per heavy atom. The zero-order chi connectivity index (χ0) is 23.3. The summed E-state index contributed by atoms with van der Waals surface area (Å²) < 4.78 is 14.9. The summed E-state index contributed by atoms with van der Waals surface area (Å²) in [5.74, 6) is -4.54. The number of hydrogen-bond donors (Lipinski definition) is 2. The summed E-state index contributed by atoms with van der Waals surface area (Å²) in [5, 5.41) is 5.53. The van der Waals surface area contributed by atoms with Crippen LogP contribution in [0.25, 0.3) is 0 Å². The van der Waals surface area contributed by atoms with Gasteiger partial charge in [-0.3, -0.25) is 9.59 Å². The molecule has 0 saturated heterocycles. The predicted octanol–water partition coefficient (Wildman–Crippen LogP) is 1.98. The van der Waals surface area contributed by atoms with Crippen molar-refractivity contribution in [2.75, 3.05) is 19.5 Å². The van der Waals surface area contributed by atoms with E-state index in [9.17, 15) is 19.2 Å². The largest absolute Gasteiger partial charge is 0.466 e. The fraction of sp³-hybridized carbons (Fsp3) is 0.364. The lowest BCUT2D eigenvalue weighted by Crippen LogP contribution is -2.40. The Morgan fingerprint density at radius 2 is 1.39 bits per heavy atom. The topological polar surface area (TPSA) is 120 Å². The second kappa shape index (κ2) is 9.92. The summed E-state index contributed by atoms with van der Waals surface area (Å²) in [7, 11) is 2.32. The number of carbonyl (C=O) groups is 4. The lowest BCUT2D eigenvalue weighted by molar-refractivity contribution is -0.157. The minimum absolute atomic E-state index is 0.0929. The van der Waals surface area contributed by atoms with Crippen molar-refractivity contribution in [2.24, 2.45) is 5.92 Å². The monoisotopic (exact) mass is 430 g/mol. The number of benzene rings is 1. The molecular weight excluding hydrogens is 404 g/mol. The van der Waals surface area contributed by atoms with Crippen molar-refractivity contribution >= 4 is 29.5 Å². The third kappa shape index (κ3) is 5.30. The van der Waals surface area contributed by atoms with Crippen molar-refractivity contribution in [3.63, 3.8) is 0 Å². The van der Waals surface area contributed by atoms with Gasteiger partial charge in [0.25, 0.3) is 5.91 Å². The highest BCUT2D eigenvalue weighted by Crippen LogP contribution is 2.32. The van der Waals surface area contributed by atoms with Gasteiger partial charge in [-0.1, -0.05) is 17.7 Å². The summed E-state index contributed by atoms with van der Waals surface area (Å²) in [4.78, 5) is 50.3. The van der Waals surface area contributed by atoms with Gasteiger partial charge < -0.3 is 24.8 Å². The maximum Gasteiger partial charge on any atom is 0.336 e. The van der Waals surface area contributed by atoms with Gasteiger partial charge in [0, 0.05) is 17.1 Å². The van der Waals surface area contributed by atoms with E-state index in [1.165, 1.54) is 6.92 Å². The molecule has 1 amide bonds. The molecule has 0 bridgehead atoms. The zero-order valence-electron chi connectivity index (χ0n) is 18.3. The Labute approximate surface area is 180 Å². The second-order valence-electron chi connectivity index (χ2n) is 7.05. The van der Waals surface area contributed by atoms with E-state index in [4.69, 9.17) is 14.2 Å². The van der Waals surface area contributed by atoms with E-state index in [0.29, 0.717) is 17.1 Å². The third-order valence-corrected chi connectivity index (χ3v) is 4.79. The highest BCUT2D eigenvalue weighted by molar-refractivity contribution is 6.06. The highest BCUT2D eigenvalue weighted by atomic mass is 16.6. The Bertz CT molecular complexity index is 923. The number of hydrogen-bond acceptors (Lipinski definition) is 8. The molecule has 1 unspecified atom stereocenters. The van der Waals surface area contributed by atoms with E-state index in [2.05, 4.69) is 10.6 Å². The zero-order valence-corrected chi connectivity index (χ0v) is 18.3. The molecule has 31 heavy (non-hydrogen) atoms. The SMILES string of the molecule is COC(=O)C1=C(C)NC(C)=C(C(=O)OC)C1C(=O)OC(C)C(=O)Nc1ccc(C)cc1. The summed E-state index contributed by atoms with van der Waals surface area (Å²) >= 11 is 0. The van der Waals surface area contributed by atoms with Gasteiger partial charge in [0.1, 0.15) is 5.92 Å². The summed E-state index contributed by atoms with van der Waals surface area (Å²) in [6.45, 7) is 6.44. The molecule has 0 saturated carbocycles. The number of nitrogens with one attached hydrogen (secondary N) is 2. The van der Waals surface area contributed by atoms with Crippen LogP contribution in [0.5, 0.6) is 0 Å². The molecule has 0 spiro atoms. The molecule has 2 rings (SSSR count). The minimum atomic E-state index is -1.41. The Kier molecular flexibility index (Phi) is 7.57. The molecule has 1 heterocycles. The molecule has 1 aromatic rings. The van der Waals surface area contributed by atoms with Crippen molar-refractivity contribution in [3.8, 4) is 0 Å². The number of carbonyl (C=O) groups excluding carboxylic acids is 4. The van der Waals surface area contributed by atoms with Crippen LogP contribution in [0.1, 0.15) is 26.3 Å². The van der Waals surface area contributed by atoms with Gasteiger partial charge in [-0.25, -0.2) is 9.59 Å². The molecule has 1 atom stereocenters. The molecule has 1 aromatic carbocycles. The maximum absolute atomic E-state index is 13.0. The maximum atomic E-state index is 13.0. The quantitative estimate of drug-likeness (QED) is 0.519. The number of methoxy groups -OCH3 is 2. The first-order valence-corrected chi connectivity index (χ1v) is 9.53. The van der Waals surface area contributed by atoms with Crippen LogP contribution in [0.2, 0.25) is 0 Å². The Hall–Kier alpha value is -3.62. The molecule has 1 aliphatic rings. The van der Waals surface area contributed by atoms with Crippen LogP contribution >= 0.6 is 0 Å². The predicted molar refractivity (Wildman–Crippen MR) is 111 cm³/mol. The number of anilines is 1. The fourth-order valence-corrected chi connectivity index (χ4v) is 3.17. The number of esters is 3. The highest BCUT2D eigenvalue weighted by Gasteiger charge is 2.43. The van der Waals surface area contributed by atoms with E-state index >= 15 is 0 Å². The molecule has 0 radical (unpaired) electrons. The van der Waals surface area contributed by atoms with Crippen LogP contribution in [0.3, 0.4) is 0 Å². The van der Waals surface area contributed by atoms with Gasteiger partial charge in [0.2, 0.25) is 0 Å². The van der Waals surface area contributed by atoms with E-state index in [0.717, 1.165) is 19.8 Å². The minimum Gasteiger partial charge on any atom is -0.466 e. The van der Waals surface area contributed by atoms with Crippen molar-refractivity contribution < 1.29 is 33.4 Å².